The summed E-state index contributed by atoms with van der Waals surface area (Å²) >= 11 is 3.03. The Hall–Kier alpha value is -2.32. The molecule has 0 fully saturated rings. The number of para-hydroxylation sites is 1. The number of thioether (sulfide) groups is 1. The fourth-order valence-electron chi connectivity index (χ4n) is 2.41. The van der Waals surface area contributed by atoms with Crippen LogP contribution in [0.3, 0.4) is 0 Å². The number of nitrogens with one attached hydrogen (secondary N) is 1. The third-order valence-corrected chi connectivity index (χ3v) is 5.49. The fourth-order valence-corrected chi connectivity index (χ4v) is 3.88. The Bertz CT molecular complexity index is 849. The number of methoxy groups -OCH3 is 1. The highest BCUT2D eigenvalue weighted by Gasteiger charge is 2.14. The number of ether oxygens (including phenoxy) is 1. The Morgan fingerprint density at radius 3 is 2.92 bits per heavy atom. The van der Waals surface area contributed by atoms with Gasteiger partial charge in [-0.05, 0) is 17.5 Å². The van der Waals surface area contributed by atoms with Crippen molar-refractivity contribution in [3.05, 3.63) is 58.0 Å². The van der Waals surface area contributed by atoms with Gasteiger partial charge in [0.05, 0.1) is 12.9 Å². The summed E-state index contributed by atoms with van der Waals surface area (Å²) in [6.45, 7) is 0.501. The van der Waals surface area contributed by atoms with Crippen molar-refractivity contribution in [3.8, 4) is 5.75 Å². The van der Waals surface area contributed by atoms with E-state index in [1.807, 2.05) is 35.7 Å². The predicted octanol–water partition coefficient (Wildman–Crippen LogP) is 3.22. The number of amides is 1. The van der Waals surface area contributed by atoms with Crippen molar-refractivity contribution >= 4 is 29.0 Å². The Morgan fingerprint density at radius 1 is 1.31 bits per heavy atom. The third-order valence-electron chi connectivity index (χ3n) is 3.78. The molecule has 136 valence electrons. The van der Waals surface area contributed by atoms with Crippen molar-refractivity contribution in [2.75, 3.05) is 19.9 Å². The number of hydrogen-bond acceptors (Lipinski definition) is 6. The van der Waals surface area contributed by atoms with Gasteiger partial charge in [-0.3, -0.25) is 9.89 Å². The molecule has 0 saturated heterocycles. The second kappa shape index (κ2) is 8.86. The number of nitrogens with zero attached hydrogens (tertiary/aromatic N) is 3. The number of thiophene rings is 1. The van der Waals surface area contributed by atoms with Gasteiger partial charge < -0.3 is 9.64 Å². The van der Waals surface area contributed by atoms with Crippen LogP contribution in [0.4, 0.5) is 0 Å². The molecule has 0 unspecified atom stereocenters. The Labute approximate surface area is 160 Å². The van der Waals surface area contributed by atoms with Gasteiger partial charge in [0.25, 0.3) is 0 Å². The van der Waals surface area contributed by atoms with Crippen LogP contribution >= 0.6 is 23.1 Å². The van der Waals surface area contributed by atoms with E-state index in [1.54, 1.807) is 30.4 Å². The van der Waals surface area contributed by atoms with E-state index in [9.17, 15) is 4.79 Å². The molecule has 2 aromatic heterocycles. The van der Waals surface area contributed by atoms with E-state index >= 15 is 0 Å². The highest BCUT2D eigenvalue weighted by Crippen LogP contribution is 2.20. The molecule has 1 aromatic carbocycles. The van der Waals surface area contributed by atoms with Crippen molar-refractivity contribution in [1.29, 1.82) is 0 Å². The van der Waals surface area contributed by atoms with Gasteiger partial charge in [-0.2, -0.15) is 0 Å². The van der Waals surface area contributed by atoms with Crippen molar-refractivity contribution in [2.45, 2.75) is 18.1 Å². The molecule has 0 radical (unpaired) electrons. The molecule has 0 aliphatic heterocycles. The summed E-state index contributed by atoms with van der Waals surface area (Å²) in [6, 6.07) is 11.8. The maximum Gasteiger partial charge on any atom is 0.233 e. The minimum Gasteiger partial charge on any atom is -0.496 e. The summed E-state index contributed by atoms with van der Waals surface area (Å²) in [5, 5.41) is 9.75. The lowest BCUT2D eigenvalue weighted by Crippen LogP contribution is -2.28. The molecule has 8 heteroatoms. The molecule has 26 heavy (non-hydrogen) atoms. The molecule has 6 nitrogen and oxygen atoms in total. The first-order valence-electron chi connectivity index (χ1n) is 8.08. The van der Waals surface area contributed by atoms with Crippen molar-refractivity contribution in [3.63, 3.8) is 0 Å². The van der Waals surface area contributed by atoms with E-state index in [2.05, 4.69) is 21.2 Å². The molecule has 0 aliphatic rings. The molecule has 0 atom stereocenters. The SMILES string of the molecule is COc1ccccc1CN(C)C(=O)CSc1n[nH]c(Cc2cccs2)n1. The standard InChI is InChI=1S/C18H20N4O2S2/c1-22(11-13-6-3-4-8-15(13)24-2)17(23)12-26-18-19-16(20-21-18)10-14-7-5-9-25-14/h3-9H,10-12H2,1-2H3,(H,19,20,21). The maximum atomic E-state index is 12.4. The maximum absolute atomic E-state index is 12.4. The highest BCUT2D eigenvalue weighted by atomic mass is 32.2. The average Bonchev–Trinajstić information content (AvgIpc) is 3.32. The first-order chi connectivity index (χ1) is 12.7. The van der Waals surface area contributed by atoms with E-state index in [1.165, 1.54) is 16.6 Å². The molecule has 0 spiro atoms. The minimum absolute atomic E-state index is 0.0190. The molecule has 1 N–H and O–H groups in total. The van der Waals surface area contributed by atoms with E-state index in [0.717, 1.165) is 23.6 Å². The molecule has 0 aliphatic carbocycles. The Balaban J connectivity index is 1.51. The van der Waals surface area contributed by atoms with Crippen LogP contribution in [0.1, 0.15) is 16.3 Å². The van der Waals surface area contributed by atoms with E-state index in [-0.39, 0.29) is 5.91 Å². The lowest BCUT2D eigenvalue weighted by Gasteiger charge is -2.18. The van der Waals surface area contributed by atoms with Crippen LogP contribution in [0.25, 0.3) is 0 Å². The van der Waals surface area contributed by atoms with Crippen LogP contribution in [0, 0.1) is 0 Å². The second-order valence-electron chi connectivity index (χ2n) is 5.67. The largest absolute Gasteiger partial charge is 0.496 e. The minimum atomic E-state index is 0.0190. The van der Waals surface area contributed by atoms with E-state index < -0.39 is 0 Å². The smallest absolute Gasteiger partial charge is 0.233 e. The van der Waals surface area contributed by atoms with Crippen molar-refractivity contribution in [2.24, 2.45) is 0 Å². The Kier molecular flexibility index (Phi) is 6.30. The summed E-state index contributed by atoms with van der Waals surface area (Å²) in [4.78, 5) is 19.7. The van der Waals surface area contributed by atoms with Crippen molar-refractivity contribution < 1.29 is 9.53 Å². The average molecular weight is 389 g/mol. The number of H-pyrrole nitrogens is 1. The summed E-state index contributed by atoms with van der Waals surface area (Å²) in [6.07, 6.45) is 0.729. The first-order valence-corrected chi connectivity index (χ1v) is 9.94. The zero-order valence-corrected chi connectivity index (χ0v) is 16.3. The van der Waals surface area contributed by atoms with Gasteiger partial charge >= 0.3 is 0 Å². The molecule has 0 saturated carbocycles. The molecule has 0 bridgehead atoms. The number of aromatic amines is 1. The zero-order chi connectivity index (χ0) is 18.4. The number of rotatable bonds is 8. The van der Waals surface area contributed by atoms with Gasteiger partial charge in [0.2, 0.25) is 11.1 Å². The summed E-state index contributed by atoms with van der Waals surface area (Å²) in [5.41, 5.74) is 0.979. The van der Waals surface area contributed by atoms with Gasteiger partial charge in [0.15, 0.2) is 0 Å². The summed E-state index contributed by atoms with van der Waals surface area (Å²) < 4.78 is 5.33. The van der Waals surface area contributed by atoms with Gasteiger partial charge in [-0.25, -0.2) is 4.98 Å². The lowest BCUT2D eigenvalue weighted by atomic mass is 10.2. The van der Waals surface area contributed by atoms with Crippen LogP contribution in [0.2, 0.25) is 0 Å². The highest BCUT2D eigenvalue weighted by molar-refractivity contribution is 7.99. The predicted molar refractivity (Wildman–Crippen MR) is 104 cm³/mol. The van der Waals surface area contributed by atoms with Gasteiger partial charge in [0.1, 0.15) is 11.6 Å². The zero-order valence-electron chi connectivity index (χ0n) is 14.6. The van der Waals surface area contributed by atoms with E-state index in [0.29, 0.717) is 17.5 Å². The second-order valence-corrected chi connectivity index (χ2v) is 7.65. The molecule has 1 amide bonds. The van der Waals surface area contributed by atoms with Crippen LogP contribution in [-0.4, -0.2) is 45.9 Å². The van der Waals surface area contributed by atoms with Gasteiger partial charge in [0, 0.05) is 30.5 Å². The number of benzene rings is 1. The number of carbonyl (C=O) groups excluding carboxylic acids is 1. The first kappa shape index (κ1) is 18.5. The summed E-state index contributed by atoms with van der Waals surface area (Å²) in [7, 11) is 3.42. The summed E-state index contributed by atoms with van der Waals surface area (Å²) in [5.74, 6) is 1.91. The molecular weight excluding hydrogens is 368 g/mol. The van der Waals surface area contributed by atoms with E-state index in [4.69, 9.17) is 4.74 Å². The van der Waals surface area contributed by atoms with Crippen LogP contribution in [0.15, 0.2) is 46.9 Å². The van der Waals surface area contributed by atoms with Crippen LogP contribution < -0.4 is 4.74 Å². The molecule has 3 rings (SSSR count). The number of hydrogen-bond donors (Lipinski definition) is 1. The molecule has 2 heterocycles. The molecule has 3 aromatic rings. The third kappa shape index (κ3) is 4.86. The van der Waals surface area contributed by atoms with Crippen LogP contribution in [-0.2, 0) is 17.8 Å². The van der Waals surface area contributed by atoms with Crippen LogP contribution in [0.5, 0.6) is 5.75 Å². The Morgan fingerprint density at radius 2 is 2.15 bits per heavy atom. The topological polar surface area (TPSA) is 71.1 Å². The number of carbonyl (C=O) groups is 1. The van der Waals surface area contributed by atoms with Crippen molar-refractivity contribution in [1.82, 2.24) is 20.1 Å². The monoisotopic (exact) mass is 388 g/mol. The number of aromatic nitrogens is 3. The fraction of sp³-hybridized carbons (Fsp3) is 0.278. The molecular formula is C18H20N4O2S2. The lowest BCUT2D eigenvalue weighted by molar-refractivity contribution is -0.127. The van der Waals surface area contributed by atoms with Gasteiger partial charge in [-0.1, -0.05) is 36.0 Å². The normalized spacial score (nSPS) is 10.7. The van der Waals surface area contributed by atoms with Gasteiger partial charge in [-0.15, -0.1) is 16.4 Å². The quantitative estimate of drug-likeness (QED) is 0.600.